The molecular weight excluding hydrogens is 250 g/mol. The summed E-state index contributed by atoms with van der Waals surface area (Å²) < 4.78 is 5.14. The van der Waals surface area contributed by atoms with Gasteiger partial charge in [-0.1, -0.05) is 30.3 Å². The van der Waals surface area contributed by atoms with E-state index in [4.69, 9.17) is 4.42 Å². The zero-order valence-corrected chi connectivity index (χ0v) is 11.2. The van der Waals surface area contributed by atoms with E-state index in [0.717, 1.165) is 17.6 Å². The highest BCUT2D eigenvalue weighted by atomic mass is 16.4. The van der Waals surface area contributed by atoms with Crippen LogP contribution in [0, 0.1) is 0 Å². The van der Waals surface area contributed by atoms with Crippen LogP contribution in [0.4, 0.5) is 5.69 Å². The molecule has 0 bridgehead atoms. The fraction of sp³-hybridized carbons (Fsp3) is 0.118. The van der Waals surface area contributed by atoms with Gasteiger partial charge in [0.05, 0.1) is 0 Å². The molecule has 3 rings (SSSR count). The van der Waals surface area contributed by atoms with Gasteiger partial charge in [-0.25, -0.2) is 4.79 Å². The molecule has 0 spiro atoms. The van der Waals surface area contributed by atoms with Crippen LogP contribution in [0.25, 0.3) is 11.0 Å². The summed E-state index contributed by atoms with van der Waals surface area (Å²) in [5.41, 5.74) is 2.65. The van der Waals surface area contributed by atoms with Gasteiger partial charge in [0.15, 0.2) is 0 Å². The number of hydrogen-bond donors (Lipinski definition) is 0. The highest BCUT2D eigenvalue weighted by molar-refractivity contribution is 5.80. The van der Waals surface area contributed by atoms with Gasteiger partial charge in [0.25, 0.3) is 0 Å². The Morgan fingerprint density at radius 2 is 1.80 bits per heavy atom. The molecule has 0 radical (unpaired) electrons. The molecule has 3 nitrogen and oxygen atoms in total. The zero-order valence-electron chi connectivity index (χ0n) is 11.2. The maximum absolute atomic E-state index is 11.2. The lowest BCUT2D eigenvalue weighted by atomic mass is 10.1. The molecule has 1 heterocycles. The van der Waals surface area contributed by atoms with Crippen LogP contribution < -0.4 is 10.5 Å². The number of hydrogen-bond acceptors (Lipinski definition) is 3. The predicted octanol–water partition coefficient (Wildman–Crippen LogP) is 3.43. The summed E-state index contributed by atoms with van der Waals surface area (Å²) in [7, 11) is 2.05. The molecule has 0 amide bonds. The van der Waals surface area contributed by atoms with E-state index in [0.29, 0.717) is 5.58 Å². The minimum Gasteiger partial charge on any atom is -0.423 e. The second kappa shape index (κ2) is 5.21. The highest BCUT2D eigenvalue weighted by Crippen LogP contribution is 2.21. The van der Waals surface area contributed by atoms with Crippen molar-refractivity contribution in [3.8, 4) is 0 Å². The van der Waals surface area contributed by atoms with Crippen molar-refractivity contribution >= 4 is 16.7 Å². The molecule has 0 unspecified atom stereocenters. The fourth-order valence-corrected chi connectivity index (χ4v) is 2.25. The van der Waals surface area contributed by atoms with E-state index in [1.807, 2.05) is 43.4 Å². The van der Waals surface area contributed by atoms with Gasteiger partial charge in [0.1, 0.15) is 5.58 Å². The van der Waals surface area contributed by atoms with Crippen molar-refractivity contribution in [2.75, 3.05) is 11.9 Å². The van der Waals surface area contributed by atoms with Crippen molar-refractivity contribution in [2.24, 2.45) is 0 Å². The van der Waals surface area contributed by atoms with Crippen LogP contribution in [0.5, 0.6) is 0 Å². The largest absolute Gasteiger partial charge is 0.423 e. The van der Waals surface area contributed by atoms with E-state index in [-0.39, 0.29) is 5.63 Å². The third-order valence-electron chi connectivity index (χ3n) is 3.31. The third kappa shape index (κ3) is 2.57. The molecule has 0 saturated heterocycles. The summed E-state index contributed by atoms with van der Waals surface area (Å²) in [5.74, 6) is 0. The van der Waals surface area contributed by atoms with Gasteiger partial charge < -0.3 is 9.32 Å². The molecule has 3 aromatic rings. The van der Waals surface area contributed by atoms with Gasteiger partial charge in [-0.15, -0.1) is 0 Å². The predicted molar refractivity (Wildman–Crippen MR) is 81.0 cm³/mol. The van der Waals surface area contributed by atoms with Crippen LogP contribution in [-0.2, 0) is 6.54 Å². The smallest absolute Gasteiger partial charge is 0.336 e. The summed E-state index contributed by atoms with van der Waals surface area (Å²) in [6.45, 7) is 0.836. The molecule has 0 fully saturated rings. The van der Waals surface area contributed by atoms with Crippen molar-refractivity contribution < 1.29 is 4.42 Å². The Morgan fingerprint density at radius 3 is 2.60 bits per heavy atom. The molecule has 0 saturated carbocycles. The molecule has 2 aromatic carbocycles. The Morgan fingerprint density at radius 1 is 1.00 bits per heavy atom. The quantitative estimate of drug-likeness (QED) is 0.680. The summed E-state index contributed by atoms with van der Waals surface area (Å²) >= 11 is 0. The van der Waals surface area contributed by atoms with Crippen LogP contribution in [0.2, 0.25) is 0 Å². The number of anilines is 1. The second-order valence-corrected chi connectivity index (χ2v) is 4.82. The second-order valence-electron chi connectivity index (χ2n) is 4.82. The van der Waals surface area contributed by atoms with E-state index in [1.54, 1.807) is 6.07 Å². The molecule has 1 aromatic heterocycles. The Labute approximate surface area is 117 Å². The van der Waals surface area contributed by atoms with E-state index >= 15 is 0 Å². The molecule has 0 atom stereocenters. The molecule has 20 heavy (non-hydrogen) atoms. The molecule has 3 heteroatoms. The molecular formula is C17H15NO2. The molecule has 0 aliphatic carbocycles. The monoisotopic (exact) mass is 265 g/mol. The lowest BCUT2D eigenvalue weighted by Crippen LogP contribution is -2.16. The standard InChI is InChI=1S/C17H15NO2/c1-18(12-13-5-3-2-4-6-13)15-8-9-16-14(11-15)7-10-17(19)20-16/h2-11H,12H2,1H3. The van der Waals surface area contributed by atoms with Gasteiger partial charge in [-0.05, 0) is 29.8 Å². The topological polar surface area (TPSA) is 33.5 Å². The van der Waals surface area contributed by atoms with E-state index in [9.17, 15) is 4.79 Å². The number of benzene rings is 2. The number of fused-ring (bicyclic) bond motifs is 1. The average Bonchev–Trinajstić information content (AvgIpc) is 2.47. The highest BCUT2D eigenvalue weighted by Gasteiger charge is 2.04. The normalized spacial score (nSPS) is 10.7. The molecule has 0 N–H and O–H groups in total. The first-order valence-electron chi connectivity index (χ1n) is 6.51. The summed E-state index contributed by atoms with van der Waals surface area (Å²) in [4.78, 5) is 13.3. The van der Waals surface area contributed by atoms with Crippen LogP contribution in [0.15, 0.2) is 69.9 Å². The third-order valence-corrected chi connectivity index (χ3v) is 3.31. The maximum Gasteiger partial charge on any atom is 0.336 e. The SMILES string of the molecule is CN(Cc1ccccc1)c1ccc2oc(=O)ccc2c1. The van der Waals surface area contributed by atoms with Crippen molar-refractivity contribution in [3.63, 3.8) is 0 Å². The molecule has 0 aliphatic heterocycles. The first-order valence-corrected chi connectivity index (χ1v) is 6.51. The van der Waals surface area contributed by atoms with Gasteiger partial charge >= 0.3 is 5.63 Å². The van der Waals surface area contributed by atoms with E-state index in [1.165, 1.54) is 11.6 Å². The van der Waals surface area contributed by atoms with Gasteiger partial charge in [-0.3, -0.25) is 0 Å². The van der Waals surface area contributed by atoms with Crippen molar-refractivity contribution in [1.29, 1.82) is 0 Å². The van der Waals surface area contributed by atoms with Crippen LogP contribution in [0.3, 0.4) is 0 Å². The first-order chi connectivity index (χ1) is 9.72. The van der Waals surface area contributed by atoms with Gasteiger partial charge in [0, 0.05) is 30.7 Å². The fourth-order valence-electron chi connectivity index (χ4n) is 2.25. The summed E-state index contributed by atoms with van der Waals surface area (Å²) in [6.07, 6.45) is 0. The lowest BCUT2D eigenvalue weighted by Gasteiger charge is -2.19. The molecule has 100 valence electrons. The average molecular weight is 265 g/mol. The van der Waals surface area contributed by atoms with E-state index in [2.05, 4.69) is 17.0 Å². The summed E-state index contributed by atoms with van der Waals surface area (Å²) in [6, 6.07) is 19.4. The first kappa shape index (κ1) is 12.5. The van der Waals surface area contributed by atoms with Crippen LogP contribution in [-0.4, -0.2) is 7.05 Å². The molecule has 0 aliphatic rings. The van der Waals surface area contributed by atoms with Crippen molar-refractivity contribution in [3.05, 3.63) is 76.6 Å². The van der Waals surface area contributed by atoms with Gasteiger partial charge in [0.2, 0.25) is 0 Å². The van der Waals surface area contributed by atoms with Crippen LogP contribution >= 0.6 is 0 Å². The Hall–Kier alpha value is -2.55. The Balaban J connectivity index is 1.90. The Kier molecular flexibility index (Phi) is 3.25. The van der Waals surface area contributed by atoms with E-state index < -0.39 is 0 Å². The lowest BCUT2D eigenvalue weighted by molar-refractivity contribution is 0.561. The van der Waals surface area contributed by atoms with Gasteiger partial charge in [-0.2, -0.15) is 0 Å². The van der Waals surface area contributed by atoms with Crippen molar-refractivity contribution in [2.45, 2.75) is 6.54 Å². The maximum atomic E-state index is 11.2. The van der Waals surface area contributed by atoms with Crippen LogP contribution in [0.1, 0.15) is 5.56 Å². The zero-order chi connectivity index (χ0) is 13.9. The minimum atomic E-state index is -0.317. The van der Waals surface area contributed by atoms with Crippen molar-refractivity contribution in [1.82, 2.24) is 0 Å². The number of rotatable bonds is 3. The summed E-state index contributed by atoms with van der Waals surface area (Å²) in [5, 5.41) is 0.932. The number of nitrogens with zero attached hydrogens (tertiary/aromatic N) is 1. The minimum absolute atomic E-state index is 0.317. The Bertz CT molecular complexity index is 778.